The summed E-state index contributed by atoms with van der Waals surface area (Å²) in [7, 11) is 0. The van der Waals surface area contributed by atoms with Crippen LogP contribution in [0.5, 0.6) is 0 Å². The van der Waals surface area contributed by atoms with E-state index in [1.807, 2.05) is 0 Å². The largest absolute Gasteiger partial charge is 0.477 e. The van der Waals surface area contributed by atoms with E-state index in [4.69, 9.17) is 23.7 Å². The fourth-order valence-corrected chi connectivity index (χ4v) is 5.76. The Bertz CT molecular complexity index is 1160. The summed E-state index contributed by atoms with van der Waals surface area (Å²) in [4.78, 5) is 47.5. The lowest BCUT2D eigenvalue weighted by molar-refractivity contribution is -0.382. The molecule has 0 bridgehead atoms. The molecule has 0 aromatic carbocycles. The summed E-state index contributed by atoms with van der Waals surface area (Å²) >= 11 is 0. The number of aliphatic hydroxyl groups is 9. The number of ether oxygens (including phenoxy) is 6. The Labute approximate surface area is 278 Å². The molecule has 3 heterocycles. The van der Waals surface area contributed by atoms with Gasteiger partial charge in [0.05, 0.1) is 25.4 Å². The first kappa shape index (κ1) is 40.7. The molecule has 0 radical (unpaired) electrons. The van der Waals surface area contributed by atoms with Crippen LogP contribution in [0.25, 0.3) is 0 Å². The van der Waals surface area contributed by atoms with Crippen molar-refractivity contribution >= 4 is 23.8 Å². The number of amides is 2. The molecule has 22 nitrogen and oxygen atoms in total. The zero-order chi connectivity index (χ0) is 37.0. The highest BCUT2D eigenvalue weighted by atomic mass is 16.8. The van der Waals surface area contributed by atoms with Gasteiger partial charge in [0.15, 0.2) is 12.6 Å². The highest BCUT2D eigenvalue weighted by Crippen LogP contribution is 2.38. The Hall–Kier alpha value is -2.68. The lowest BCUT2D eigenvalue weighted by Crippen LogP contribution is -2.71. The number of carboxylic acids is 1. The summed E-state index contributed by atoms with van der Waals surface area (Å²) in [5, 5.41) is 110. The number of rotatable bonds is 13. The van der Waals surface area contributed by atoms with Crippen LogP contribution >= 0.6 is 0 Å². The van der Waals surface area contributed by atoms with Crippen molar-refractivity contribution in [2.24, 2.45) is 0 Å². The van der Waals surface area contributed by atoms with E-state index in [0.29, 0.717) is 0 Å². The minimum atomic E-state index is -3.07. The number of nitrogens with one attached hydrogen (secondary N) is 2. The second-order valence-corrected chi connectivity index (χ2v) is 11.9. The predicted octanol–water partition coefficient (Wildman–Crippen LogP) is -7.51. The van der Waals surface area contributed by atoms with E-state index in [2.05, 4.69) is 15.4 Å². The molecule has 0 unspecified atom stereocenters. The van der Waals surface area contributed by atoms with Gasteiger partial charge in [-0.2, -0.15) is 0 Å². The van der Waals surface area contributed by atoms with Gasteiger partial charge in [0.2, 0.25) is 11.8 Å². The fraction of sp³-hybridized carbons (Fsp3) is 0.852. The van der Waals surface area contributed by atoms with Gasteiger partial charge >= 0.3 is 11.9 Å². The normalized spacial score (nSPS) is 40.9. The predicted molar refractivity (Wildman–Crippen MR) is 151 cm³/mol. The molecule has 3 fully saturated rings. The maximum absolute atomic E-state index is 12.7. The van der Waals surface area contributed by atoms with Gasteiger partial charge in [-0.3, -0.25) is 14.4 Å². The van der Waals surface area contributed by atoms with Crippen LogP contribution in [-0.4, -0.2) is 192 Å². The van der Waals surface area contributed by atoms with Gasteiger partial charge in [-0.05, 0) is 0 Å². The third-order valence-electron chi connectivity index (χ3n) is 8.14. The van der Waals surface area contributed by atoms with E-state index in [9.17, 15) is 70.2 Å². The van der Waals surface area contributed by atoms with Crippen LogP contribution in [0, 0.1) is 0 Å². The lowest BCUT2D eigenvalue weighted by Gasteiger charge is -2.50. The summed E-state index contributed by atoms with van der Waals surface area (Å²) in [5.74, 6) is -7.39. The molecule has 3 aliphatic rings. The first-order chi connectivity index (χ1) is 22.9. The van der Waals surface area contributed by atoms with E-state index < -0.39 is 148 Å². The van der Waals surface area contributed by atoms with Crippen molar-refractivity contribution in [2.45, 2.75) is 125 Å². The molecule has 12 N–H and O–H groups in total. The molecular weight excluding hydrogens is 672 g/mol. The topological polar surface area (TPSA) is 350 Å². The van der Waals surface area contributed by atoms with Crippen LogP contribution in [0.3, 0.4) is 0 Å². The monoisotopic (exact) mass is 716 g/mol. The average molecular weight is 717 g/mol. The standard InChI is InChI=1S/C27H44N2O20/c1-8(32)28-15-11(35)4-27(26(42)43,48-22(15)17(37)12(36)7-44-10(3)34)49-23-18(38)13(5-30)46-25(20(23)40)47-21-14(6-31)45-24(41)16(19(21)39)29-9(2)33/h11-25,30-31,35-41H,4-7H2,1-3H3,(H,28,32)(H,29,33)(H,42,43)/t11-,12+,13+,14+,15+,16+,17+,18-,19+,20+,21+,22+,23-,24-,25-,27-/m0/s1. The maximum atomic E-state index is 12.7. The number of carbonyl (C=O) groups is 4. The Kier molecular flexibility index (Phi) is 14.2. The number of esters is 1. The van der Waals surface area contributed by atoms with Crippen LogP contribution in [0.4, 0.5) is 0 Å². The highest BCUT2D eigenvalue weighted by molar-refractivity contribution is 5.76. The minimum absolute atomic E-state index is 0.699. The van der Waals surface area contributed by atoms with E-state index in [1.54, 1.807) is 0 Å². The molecule has 282 valence electrons. The minimum Gasteiger partial charge on any atom is -0.477 e. The van der Waals surface area contributed by atoms with Gasteiger partial charge < -0.3 is 90.1 Å². The Morgan fingerprint density at radius 3 is 1.96 bits per heavy atom. The van der Waals surface area contributed by atoms with Gasteiger partial charge in [-0.15, -0.1) is 0 Å². The Balaban J connectivity index is 1.96. The van der Waals surface area contributed by atoms with E-state index >= 15 is 0 Å². The van der Waals surface area contributed by atoms with Gasteiger partial charge in [-0.25, -0.2) is 4.79 Å². The summed E-state index contributed by atoms with van der Waals surface area (Å²) in [6, 6.07) is -3.10. The number of hydrogen-bond donors (Lipinski definition) is 12. The quantitative estimate of drug-likeness (QED) is 0.0787. The van der Waals surface area contributed by atoms with E-state index in [-0.39, 0.29) is 0 Å². The van der Waals surface area contributed by atoms with Crippen LogP contribution in [0.1, 0.15) is 27.2 Å². The van der Waals surface area contributed by atoms with Crippen LogP contribution in [0.2, 0.25) is 0 Å². The molecule has 3 saturated heterocycles. The molecule has 3 rings (SSSR count). The third kappa shape index (κ3) is 9.36. The van der Waals surface area contributed by atoms with E-state index in [0.717, 1.165) is 20.8 Å². The second-order valence-electron chi connectivity index (χ2n) is 11.9. The summed E-state index contributed by atoms with van der Waals surface area (Å²) < 4.78 is 32.2. The molecular formula is C27H44N2O20. The molecule has 2 amide bonds. The number of hydrogen-bond acceptors (Lipinski definition) is 19. The molecule has 49 heavy (non-hydrogen) atoms. The van der Waals surface area contributed by atoms with Crippen molar-refractivity contribution in [2.75, 3.05) is 19.8 Å². The van der Waals surface area contributed by atoms with Gasteiger partial charge in [-0.1, -0.05) is 0 Å². The van der Waals surface area contributed by atoms with Crippen molar-refractivity contribution in [3.8, 4) is 0 Å². The van der Waals surface area contributed by atoms with Crippen LogP contribution < -0.4 is 10.6 Å². The fourth-order valence-electron chi connectivity index (χ4n) is 5.76. The number of aliphatic hydroxyl groups excluding tert-OH is 9. The molecule has 0 aromatic heterocycles. The molecule has 16 atom stereocenters. The van der Waals surface area contributed by atoms with E-state index in [1.165, 1.54) is 0 Å². The highest BCUT2D eigenvalue weighted by Gasteiger charge is 2.60. The second kappa shape index (κ2) is 17.0. The van der Waals surface area contributed by atoms with Crippen molar-refractivity contribution in [1.82, 2.24) is 10.6 Å². The van der Waals surface area contributed by atoms with Gasteiger partial charge in [0, 0.05) is 27.2 Å². The zero-order valence-corrected chi connectivity index (χ0v) is 26.5. The van der Waals surface area contributed by atoms with Gasteiger partial charge in [0.1, 0.15) is 73.7 Å². The smallest absolute Gasteiger partial charge is 0.364 e. The summed E-state index contributed by atoms with van der Waals surface area (Å²) in [6.45, 7) is 0.408. The molecule has 3 aliphatic heterocycles. The summed E-state index contributed by atoms with van der Waals surface area (Å²) in [6.07, 6.45) is -26.0. The molecule has 22 heteroatoms. The first-order valence-electron chi connectivity index (χ1n) is 15.1. The van der Waals surface area contributed by atoms with Crippen molar-refractivity contribution in [1.29, 1.82) is 0 Å². The number of aliphatic carboxylic acids is 1. The van der Waals surface area contributed by atoms with Crippen LogP contribution in [0.15, 0.2) is 0 Å². The van der Waals surface area contributed by atoms with Crippen molar-refractivity contribution < 1.29 is 98.7 Å². The lowest BCUT2D eigenvalue weighted by atomic mass is 9.88. The Morgan fingerprint density at radius 2 is 1.43 bits per heavy atom. The molecule has 0 aliphatic carbocycles. The average Bonchev–Trinajstić information content (AvgIpc) is 3.02. The number of carbonyl (C=O) groups excluding carboxylic acids is 3. The van der Waals surface area contributed by atoms with Crippen LogP contribution in [-0.2, 0) is 47.6 Å². The zero-order valence-electron chi connectivity index (χ0n) is 26.5. The third-order valence-corrected chi connectivity index (χ3v) is 8.14. The summed E-state index contributed by atoms with van der Waals surface area (Å²) in [5.41, 5.74) is 0. The number of carboxylic acid groups (broad SMARTS) is 1. The Morgan fingerprint density at radius 1 is 0.837 bits per heavy atom. The SMILES string of the molecule is CC(=O)N[C@@H]1[C@@H](O)[C@H](O[C@@H]2O[C@H](CO)[C@H](O)[C@H](O[C@]3(C(=O)O)C[C@H](O)[C@@H](NC(C)=O)[C@H]([C@H](O)[C@H](O)COC(C)=O)O3)[C@H]2O)[C@@H](CO)O[C@@H]1O. The molecule has 0 spiro atoms. The molecule has 0 saturated carbocycles. The van der Waals surface area contributed by atoms with Gasteiger partial charge in [0.25, 0.3) is 5.79 Å². The van der Waals surface area contributed by atoms with Crippen molar-refractivity contribution in [3.63, 3.8) is 0 Å². The maximum Gasteiger partial charge on any atom is 0.364 e. The van der Waals surface area contributed by atoms with Crippen molar-refractivity contribution in [3.05, 3.63) is 0 Å². The molecule has 0 aromatic rings. The first-order valence-corrected chi connectivity index (χ1v) is 15.1.